The Hall–Kier alpha value is -1.82. The van der Waals surface area contributed by atoms with Gasteiger partial charge in [0.2, 0.25) is 5.91 Å². The lowest BCUT2D eigenvalue weighted by Gasteiger charge is -2.19. The van der Waals surface area contributed by atoms with Gasteiger partial charge in [-0.15, -0.1) is 0 Å². The van der Waals surface area contributed by atoms with Gasteiger partial charge in [0, 0.05) is 32.1 Å². The van der Waals surface area contributed by atoms with Gasteiger partial charge in [-0.2, -0.15) is 0 Å². The molecule has 24 heavy (non-hydrogen) atoms. The third-order valence-corrected chi connectivity index (χ3v) is 4.77. The molecule has 0 bridgehead atoms. The third kappa shape index (κ3) is 4.38. The Morgan fingerprint density at radius 3 is 2.54 bits per heavy atom. The predicted octanol–water partition coefficient (Wildman–Crippen LogP) is 2.13. The predicted molar refractivity (Wildman–Crippen MR) is 100 cm³/mol. The van der Waals surface area contributed by atoms with Crippen molar-refractivity contribution < 1.29 is 9.53 Å². The average Bonchev–Trinajstić information content (AvgIpc) is 3.05. The minimum Gasteiger partial charge on any atom is -0.497 e. The molecule has 2 rings (SSSR count). The van der Waals surface area contributed by atoms with E-state index in [1.165, 1.54) is 0 Å². The van der Waals surface area contributed by atoms with Crippen LogP contribution in [0.1, 0.15) is 31.7 Å². The first-order chi connectivity index (χ1) is 11.6. The summed E-state index contributed by atoms with van der Waals surface area (Å²) in [6, 6.07) is 7.98. The number of hydrogen-bond donors (Lipinski definition) is 2. The third-order valence-electron chi connectivity index (χ3n) is 4.37. The second-order valence-electron chi connectivity index (χ2n) is 6.02. The number of thiocarbonyl (C=S) groups is 1. The fourth-order valence-corrected chi connectivity index (χ4v) is 3.36. The highest BCUT2D eigenvalue weighted by Gasteiger charge is 2.39. The van der Waals surface area contributed by atoms with Crippen molar-refractivity contribution in [1.82, 2.24) is 15.5 Å². The number of likely N-dealkylation sites (tertiary alicyclic amines) is 1. The van der Waals surface area contributed by atoms with Crippen LogP contribution in [0.25, 0.3) is 0 Å². The average molecular weight is 350 g/mol. The summed E-state index contributed by atoms with van der Waals surface area (Å²) < 4.78 is 5.23. The van der Waals surface area contributed by atoms with Gasteiger partial charge in [-0.05, 0) is 43.3 Å². The van der Waals surface area contributed by atoms with Crippen LogP contribution in [0, 0.1) is 5.92 Å². The van der Waals surface area contributed by atoms with Crippen molar-refractivity contribution >= 4 is 23.2 Å². The second kappa shape index (κ2) is 8.87. The summed E-state index contributed by atoms with van der Waals surface area (Å²) >= 11 is 5.45. The number of hydrogen-bond acceptors (Lipinski definition) is 3. The molecular weight excluding hydrogens is 322 g/mol. The van der Waals surface area contributed by atoms with Crippen molar-refractivity contribution in [3.8, 4) is 5.75 Å². The summed E-state index contributed by atoms with van der Waals surface area (Å²) in [6.45, 7) is 6.98. The topological polar surface area (TPSA) is 53.6 Å². The molecule has 0 spiro atoms. The van der Waals surface area contributed by atoms with Crippen LogP contribution < -0.4 is 15.4 Å². The molecule has 1 aromatic rings. The zero-order chi connectivity index (χ0) is 17.5. The molecule has 0 saturated carbocycles. The monoisotopic (exact) mass is 349 g/mol. The molecule has 6 heteroatoms. The van der Waals surface area contributed by atoms with E-state index in [4.69, 9.17) is 17.0 Å². The Morgan fingerprint density at radius 1 is 1.25 bits per heavy atom. The second-order valence-corrected chi connectivity index (χ2v) is 6.40. The van der Waals surface area contributed by atoms with Crippen molar-refractivity contribution in [1.29, 1.82) is 0 Å². The number of carbonyl (C=O) groups excluding carboxylic acids is 1. The molecule has 0 radical (unpaired) electrons. The molecule has 1 aliphatic rings. The van der Waals surface area contributed by atoms with Crippen LogP contribution in [0.4, 0.5) is 0 Å². The zero-order valence-corrected chi connectivity index (χ0v) is 15.5. The number of carbonyl (C=O) groups is 1. The van der Waals surface area contributed by atoms with Crippen LogP contribution >= 0.6 is 12.2 Å². The standard InChI is InChI=1S/C18H27N3O2S/c1-4-10-20-17(22)16-12-21(18(24)19-5-2)11-15(16)13-6-8-14(23-3)9-7-13/h6-9,15-16H,4-5,10-12H2,1-3H3,(H,19,24)(H,20,22). The lowest BCUT2D eigenvalue weighted by Crippen LogP contribution is -2.39. The number of nitrogens with zero attached hydrogens (tertiary/aromatic N) is 1. The van der Waals surface area contributed by atoms with E-state index in [9.17, 15) is 4.79 Å². The summed E-state index contributed by atoms with van der Waals surface area (Å²) in [4.78, 5) is 14.7. The van der Waals surface area contributed by atoms with E-state index in [0.29, 0.717) is 13.1 Å². The normalized spacial score (nSPS) is 19.9. The smallest absolute Gasteiger partial charge is 0.225 e. The lowest BCUT2D eigenvalue weighted by molar-refractivity contribution is -0.124. The molecule has 1 saturated heterocycles. The molecule has 5 nitrogen and oxygen atoms in total. The maximum atomic E-state index is 12.6. The number of rotatable bonds is 6. The van der Waals surface area contributed by atoms with E-state index < -0.39 is 0 Å². The molecule has 1 fully saturated rings. The van der Waals surface area contributed by atoms with Crippen molar-refractivity contribution in [2.24, 2.45) is 5.92 Å². The van der Waals surface area contributed by atoms with Gasteiger partial charge in [0.1, 0.15) is 5.75 Å². The van der Waals surface area contributed by atoms with Gasteiger partial charge in [-0.25, -0.2) is 0 Å². The quantitative estimate of drug-likeness (QED) is 0.771. The first-order valence-corrected chi connectivity index (χ1v) is 8.95. The van der Waals surface area contributed by atoms with Crippen molar-refractivity contribution in [3.63, 3.8) is 0 Å². The summed E-state index contributed by atoms with van der Waals surface area (Å²) in [7, 11) is 1.65. The van der Waals surface area contributed by atoms with E-state index in [1.54, 1.807) is 7.11 Å². The maximum absolute atomic E-state index is 12.6. The van der Waals surface area contributed by atoms with Gasteiger partial charge < -0.3 is 20.3 Å². The Balaban J connectivity index is 2.18. The number of methoxy groups -OCH3 is 1. The van der Waals surface area contributed by atoms with Crippen molar-refractivity contribution in [3.05, 3.63) is 29.8 Å². The first kappa shape index (κ1) is 18.5. The van der Waals surface area contributed by atoms with Gasteiger partial charge in [0.05, 0.1) is 13.0 Å². The molecule has 0 aromatic heterocycles. The minimum absolute atomic E-state index is 0.0958. The van der Waals surface area contributed by atoms with E-state index in [2.05, 4.69) is 22.5 Å². The van der Waals surface area contributed by atoms with Gasteiger partial charge in [-0.1, -0.05) is 19.1 Å². The highest BCUT2D eigenvalue weighted by Crippen LogP contribution is 2.33. The van der Waals surface area contributed by atoms with Gasteiger partial charge in [0.25, 0.3) is 0 Å². The number of amides is 1. The lowest BCUT2D eigenvalue weighted by atomic mass is 9.88. The van der Waals surface area contributed by atoms with E-state index in [1.807, 2.05) is 31.2 Å². The fourth-order valence-electron chi connectivity index (χ4n) is 3.07. The fraction of sp³-hybridized carbons (Fsp3) is 0.556. The van der Waals surface area contributed by atoms with E-state index in [-0.39, 0.29) is 17.7 Å². The van der Waals surface area contributed by atoms with Crippen LogP contribution in [-0.2, 0) is 4.79 Å². The summed E-state index contributed by atoms with van der Waals surface area (Å²) in [5, 5.41) is 6.94. The molecule has 1 aliphatic heterocycles. The highest BCUT2D eigenvalue weighted by atomic mass is 32.1. The Labute approximate surface area is 149 Å². The Kier molecular flexibility index (Phi) is 6.85. The van der Waals surface area contributed by atoms with Gasteiger partial charge >= 0.3 is 0 Å². The SMILES string of the molecule is CCCNC(=O)C1CN(C(=S)NCC)CC1c1ccc(OC)cc1. The number of ether oxygens (including phenoxy) is 1. The summed E-state index contributed by atoms with van der Waals surface area (Å²) in [6.07, 6.45) is 0.936. The van der Waals surface area contributed by atoms with Crippen LogP contribution in [0.2, 0.25) is 0 Å². The molecule has 0 aliphatic carbocycles. The highest BCUT2D eigenvalue weighted by molar-refractivity contribution is 7.80. The van der Waals surface area contributed by atoms with Crippen molar-refractivity contribution in [2.45, 2.75) is 26.2 Å². The van der Waals surface area contributed by atoms with E-state index >= 15 is 0 Å². The minimum atomic E-state index is -0.0958. The molecule has 1 amide bonds. The first-order valence-electron chi connectivity index (χ1n) is 8.55. The molecule has 2 atom stereocenters. The molecule has 2 N–H and O–H groups in total. The van der Waals surface area contributed by atoms with E-state index in [0.717, 1.165) is 35.9 Å². The summed E-state index contributed by atoms with van der Waals surface area (Å²) in [5.74, 6) is 0.967. The molecule has 1 heterocycles. The zero-order valence-electron chi connectivity index (χ0n) is 14.7. The molecule has 132 valence electrons. The molecule has 1 aromatic carbocycles. The van der Waals surface area contributed by atoms with Gasteiger partial charge in [0.15, 0.2) is 5.11 Å². The van der Waals surface area contributed by atoms with Crippen molar-refractivity contribution in [2.75, 3.05) is 33.3 Å². The Morgan fingerprint density at radius 2 is 1.96 bits per heavy atom. The Bertz CT molecular complexity index is 562. The van der Waals surface area contributed by atoms with Crippen LogP contribution in [0.5, 0.6) is 5.75 Å². The maximum Gasteiger partial charge on any atom is 0.225 e. The van der Waals surface area contributed by atoms with Gasteiger partial charge in [-0.3, -0.25) is 4.79 Å². The van der Waals surface area contributed by atoms with Crippen LogP contribution in [0.15, 0.2) is 24.3 Å². The number of benzene rings is 1. The van der Waals surface area contributed by atoms with Crippen LogP contribution in [0.3, 0.4) is 0 Å². The number of nitrogens with one attached hydrogen (secondary N) is 2. The molecule has 2 unspecified atom stereocenters. The largest absolute Gasteiger partial charge is 0.497 e. The van der Waals surface area contributed by atoms with Crippen LogP contribution in [-0.4, -0.2) is 49.2 Å². The molecular formula is C18H27N3O2S. The summed E-state index contributed by atoms with van der Waals surface area (Å²) in [5.41, 5.74) is 1.15.